The molecule has 0 bridgehead atoms. The fourth-order valence-corrected chi connectivity index (χ4v) is 2.02. The standard InChI is InChI=1S/C15H11ClF2O/c16-14-2-1-3-15(18)13(14)9-12(19)8-10-4-6-11(17)7-5-10/h1-7H,8-9H2. The summed E-state index contributed by atoms with van der Waals surface area (Å²) in [6, 6.07) is 9.97. The van der Waals surface area contributed by atoms with Gasteiger partial charge in [0.25, 0.3) is 0 Å². The lowest BCUT2D eigenvalue weighted by Gasteiger charge is -2.05. The minimum atomic E-state index is -0.486. The monoisotopic (exact) mass is 280 g/mol. The van der Waals surface area contributed by atoms with E-state index in [0.717, 1.165) is 0 Å². The molecule has 0 saturated carbocycles. The molecule has 0 spiro atoms. The average molecular weight is 281 g/mol. The van der Waals surface area contributed by atoms with Gasteiger partial charge in [0.1, 0.15) is 17.4 Å². The Morgan fingerprint density at radius 1 is 1.00 bits per heavy atom. The quantitative estimate of drug-likeness (QED) is 0.828. The molecule has 2 aromatic carbocycles. The van der Waals surface area contributed by atoms with Gasteiger partial charge in [0.15, 0.2) is 0 Å². The topological polar surface area (TPSA) is 17.1 Å². The van der Waals surface area contributed by atoms with Crippen molar-refractivity contribution in [3.8, 4) is 0 Å². The zero-order chi connectivity index (χ0) is 13.8. The number of hydrogen-bond donors (Lipinski definition) is 0. The molecule has 4 heteroatoms. The summed E-state index contributed by atoms with van der Waals surface area (Å²) in [7, 11) is 0. The smallest absolute Gasteiger partial charge is 0.141 e. The van der Waals surface area contributed by atoms with E-state index in [2.05, 4.69) is 0 Å². The molecule has 0 aromatic heterocycles. The number of carbonyl (C=O) groups is 1. The number of benzene rings is 2. The Kier molecular flexibility index (Phi) is 4.27. The lowest BCUT2D eigenvalue weighted by atomic mass is 10.0. The molecule has 2 rings (SSSR count). The molecule has 0 fully saturated rings. The Hall–Kier alpha value is -1.74. The maximum Gasteiger partial charge on any atom is 0.141 e. The van der Waals surface area contributed by atoms with E-state index in [9.17, 15) is 13.6 Å². The SMILES string of the molecule is O=C(Cc1ccc(F)cc1)Cc1c(F)cccc1Cl. The van der Waals surface area contributed by atoms with Crippen LogP contribution >= 0.6 is 11.6 Å². The zero-order valence-electron chi connectivity index (χ0n) is 10.00. The fraction of sp³-hybridized carbons (Fsp3) is 0.133. The van der Waals surface area contributed by atoms with Crippen LogP contribution in [0.15, 0.2) is 42.5 Å². The largest absolute Gasteiger partial charge is 0.299 e. The van der Waals surface area contributed by atoms with Crippen molar-refractivity contribution in [2.75, 3.05) is 0 Å². The van der Waals surface area contributed by atoms with Crippen LogP contribution in [0.3, 0.4) is 0 Å². The number of halogens is 3. The Labute approximate surface area is 114 Å². The van der Waals surface area contributed by atoms with Crippen LogP contribution in [0, 0.1) is 11.6 Å². The molecule has 0 radical (unpaired) electrons. The van der Waals surface area contributed by atoms with Crippen molar-refractivity contribution in [1.82, 2.24) is 0 Å². The normalized spacial score (nSPS) is 10.5. The van der Waals surface area contributed by atoms with Crippen LogP contribution in [0.25, 0.3) is 0 Å². The summed E-state index contributed by atoms with van der Waals surface area (Å²) in [5, 5.41) is 0.243. The predicted molar refractivity (Wildman–Crippen MR) is 70.2 cm³/mol. The van der Waals surface area contributed by atoms with Crippen LogP contribution in [0.2, 0.25) is 5.02 Å². The second-order valence-electron chi connectivity index (χ2n) is 4.22. The summed E-state index contributed by atoms with van der Waals surface area (Å²) in [6.07, 6.45) is 0.0633. The Morgan fingerprint density at radius 3 is 2.32 bits per heavy atom. The third-order valence-electron chi connectivity index (χ3n) is 2.75. The van der Waals surface area contributed by atoms with E-state index in [1.165, 1.54) is 36.4 Å². The van der Waals surface area contributed by atoms with Gasteiger partial charge >= 0.3 is 0 Å². The van der Waals surface area contributed by atoms with E-state index >= 15 is 0 Å². The first kappa shape index (κ1) is 13.7. The van der Waals surface area contributed by atoms with E-state index < -0.39 is 5.82 Å². The highest BCUT2D eigenvalue weighted by Crippen LogP contribution is 2.20. The Balaban J connectivity index is 2.07. The second kappa shape index (κ2) is 5.93. The van der Waals surface area contributed by atoms with Gasteiger partial charge in [0, 0.05) is 23.4 Å². The lowest BCUT2D eigenvalue weighted by Crippen LogP contribution is -2.08. The van der Waals surface area contributed by atoms with Crippen LogP contribution in [-0.2, 0) is 17.6 Å². The molecular formula is C15H11ClF2O. The van der Waals surface area contributed by atoms with Gasteiger partial charge in [-0.15, -0.1) is 0 Å². The van der Waals surface area contributed by atoms with Gasteiger partial charge in [0.2, 0.25) is 0 Å². The molecule has 1 nitrogen and oxygen atoms in total. The highest BCUT2D eigenvalue weighted by molar-refractivity contribution is 6.31. The van der Waals surface area contributed by atoms with Gasteiger partial charge in [-0.1, -0.05) is 29.8 Å². The maximum atomic E-state index is 13.5. The highest BCUT2D eigenvalue weighted by Gasteiger charge is 2.12. The number of Topliss-reactive ketones (excluding diaryl/α,β-unsaturated/α-hetero) is 1. The third kappa shape index (κ3) is 3.61. The molecule has 0 atom stereocenters. The first-order valence-electron chi connectivity index (χ1n) is 5.75. The molecule has 0 aliphatic heterocycles. The molecular weight excluding hydrogens is 270 g/mol. The van der Waals surface area contributed by atoms with Gasteiger partial charge in [-0.3, -0.25) is 4.79 Å². The van der Waals surface area contributed by atoms with E-state index in [1.807, 2.05) is 0 Å². The summed E-state index contributed by atoms with van der Waals surface area (Å²) in [5.41, 5.74) is 0.898. The van der Waals surface area contributed by atoms with Crippen molar-refractivity contribution in [3.63, 3.8) is 0 Å². The number of rotatable bonds is 4. The van der Waals surface area contributed by atoms with E-state index in [4.69, 9.17) is 11.6 Å². The zero-order valence-corrected chi connectivity index (χ0v) is 10.8. The minimum Gasteiger partial charge on any atom is -0.299 e. The van der Waals surface area contributed by atoms with E-state index in [-0.39, 0.29) is 35.0 Å². The maximum absolute atomic E-state index is 13.5. The van der Waals surface area contributed by atoms with Gasteiger partial charge in [0.05, 0.1) is 0 Å². The first-order valence-corrected chi connectivity index (χ1v) is 6.13. The Morgan fingerprint density at radius 2 is 1.68 bits per heavy atom. The van der Waals surface area contributed by atoms with Crippen molar-refractivity contribution in [1.29, 1.82) is 0 Å². The van der Waals surface area contributed by atoms with Gasteiger partial charge in [-0.25, -0.2) is 8.78 Å². The van der Waals surface area contributed by atoms with Crippen LogP contribution in [0.4, 0.5) is 8.78 Å². The molecule has 98 valence electrons. The highest BCUT2D eigenvalue weighted by atomic mass is 35.5. The third-order valence-corrected chi connectivity index (χ3v) is 3.10. The van der Waals surface area contributed by atoms with Crippen LogP contribution in [0.5, 0.6) is 0 Å². The minimum absolute atomic E-state index is 0.0666. The molecule has 0 unspecified atom stereocenters. The number of ketones is 1. The fourth-order valence-electron chi connectivity index (χ4n) is 1.79. The second-order valence-corrected chi connectivity index (χ2v) is 4.63. The lowest BCUT2D eigenvalue weighted by molar-refractivity contribution is -0.117. The molecule has 0 saturated heterocycles. The number of hydrogen-bond acceptors (Lipinski definition) is 1. The van der Waals surface area contributed by atoms with Crippen molar-refractivity contribution in [2.24, 2.45) is 0 Å². The van der Waals surface area contributed by atoms with E-state index in [1.54, 1.807) is 6.07 Å². The van der Waals surface area contributed by atoms with Gasteiger partial charge < -0.3 is 0 Å². The molecule has 0 amide bonds. The van der Waals surface area contributed by atoms with Crippen LogP contribution in [-0.4, -0.2) is 5.78 Å². The first-order chi connectivity index (χ1) is 9.06. The van der Waals surface area contributed by atoms with Crippen LogP contribution < -0.4 is 0 Å². The molecule has 2 aromatic rings. The van der Waals surface area contributed by atoms with E-state index in [0.29, 0.717) is 5.56 Å². The summed E-state index contributed by atoms with van der Waals surface area (Å²) >= 11 is 5.86. The summed E-state index contributed by atoms with van der Waals surface area (Å²) in [6.45, 7) is 0. The Bertz CT molecular complexity index is 573. The number of carbonyl (C=O) groups excluding carboxylic acids is 1. The van der Waals surface area contributed by atoms with Gasteiger partial charge in [-0.05, 0) is 29.8 Å². The van der Waals surface area contributed by atoms with Crippen LogP contribution in [0.1, 0.15) is 11.1 Å². The molecule has 0 aliphatic carbocycles. The van der Waals surface area contributed by atoms with Gasteiger partial charge in [-0.2, -0.15) is 0 Å². The summed E-state index contributed by atoms with van der Waals surface area (Å²) < 4.78 is 26.2. The molecule has 19 heavy (non-hydrogen) atoms. The molecule has 0 heterocycles. The van der Waals surface area contributed by atoms with Crippen molar-refractivity contribution < 1.29 is 13.6 Å². The van der Waals surface area contributed by atoms with Crippen molar-refractivity contribution in [3.05, 3.63) is 70.2 Å². The predicted octanol–water partition coefficient (Wildman–Crippen LogP) is 3.97. The van der Waals surface area contributed by atoms with Crippen molar-refractivity contribution in [2.45, 2.75) is 12.8 Å². The average Bonchev–Trinajstić information content (AvgIpc) is 2.37. The molecule has 0 aliphatic rings. The summed E-state index contributed by atoms with van der Waals surface area (Å²) in [5.74, 6) is -1.01. The van der Waals surface area contributed by atoms with Crippen molar-refractivity contribution >= 4 is 17.4 Å². The molecule has 0 N–H and O–H groups in total. The summed E-state index contributed by atoms with van der Waals surface area (Å²) in [4.78, 5) is 11.9.